The number of hydrogen-bond donors (Lipinski definition) is 0. The smallest absolute Gasteiger partial charge is 0.176 e. The Balaban J connectivity index is 1.94. The maximum Gasteiger partial charge on any atom is 0.176 e. The van der Waals surface area contributed by atoms with E-state index in [0.29, 0.717) is 6.54 Å². The molecule has 17 heavy (non-hydrogen) atoms. The predicted octanol–water partition coefficient (Wildman–Crippen LogP) is 2.35. The van der Waals surface area contributed by atoms with E-state index in [9.17, 15) is 4.79 Å². The van der Waals surface area contributed by atoms with Crippen LogP contribution in [-0.4, -0.2) is 43.0 Å². The summed E-state index contributed by atoms with van der Waals surface area (Å²) in [6.45, 7) is 4.91. The highest BCUT2D eigenvalue weighted by Gasteiger charge is 2.19. The second kappa shape index (κ2) is 5.76. The van der Waals surface area contributed by atoms with Gasteiger partial charge in [-0.1, -0.05) is 28.1 Å². The molecule has 1 aromatic rings. The zero-order valence-corrected chi connectivity index (χ0v) is 11.4. The van der Waals surface area contributed by atoms with Gasteiger partial charge in [-0.05, 0) is 19.1 Å². The molecule has 1 atom stereocenters. The number of morpholine rings is 1. The molecule has 0 saturated carbocycles. The first-order chi connectivity index (χ1) is 8.15. The zero-order valence-electron chi connectivity index (χ0n) is 9.86. The third kappa shape index (κ3) is 3.63. The van der Waals surface area contributed by atoms with Crippen molar-refractivity contribution in [2.24, 2.45) is 0 Å². The number of carbonyl (C=O) groups excluding carboxylic acids is 1. The van der Waals surface area contributed by atoms with Gasteiger partial charge in [0.15, 0.2) is 5.78 Å². The lowest BCUT2D eigenvalue weighted by Crippen LogP contribution is -2.43. The lowest BCUT2D eigenvalue weighted by Gasteiger charge is -2.30. The Hall–Kier alpha value is -0.710. The molecule has 2 rings (SSSR count). The first-order valence-electron chi connectivity index (χ1n) is 5.78. The van der Waals surface area contributed by atoms with E-state index in [1.165, 1.54) is 0 Å². The van der Waals surface area contributed by atoms with E-state index in [-0.39, 0.29) is 11.9 Å². The van der Waals surface area contributed by atoms with Crippen LogP contribution in [0.4, 0.5) is 0 Å². The molecule has 0 N–H and O–H groups in total. The molecule has 1 aliphatic heterocycles. The van der Waals surface area contributed by atoms with Crippen molar-refractivity contribution in [2.75, 3.05) is 26.2 Å². The molecule has 0 aromatic heterocycles. The lowest BCUT2D eigenvalue weighted by molar-refractivity contribution is -0.0158. The monoisotopic (exact) mass is 297 g/mol. The van der Waals surface area contributed by atoms with Gasteiger partial charge in [-0.15, -0.1) is 0 Å². The van der Waals surface area contributed by atoms with E-state index in [1.807, 2.05) is 31.2 Å². The normalized spacial score (nSPS) is 21.4. The average Bonchev–Trinajstić information content (AvgIpc) is 2.29. The van der Waals surface area contributed by atoms with Crippen LogP contribution in [0.25, 0.3) is 0 Å². The van der Waals surface area contributed by atoms with Crippen molar-refractivity contribution in [2.45, 2.75) is 13.0 Å². The number of ketones is 1. The molecule has 4 heteroatoms. The third-order valence-electron chi connectivity index (χ3n) is 2.86. The van der Waals surface area contributed by atoms with E-state index in [0.717, 1.165) is 29.7 Å². The van der Waals surface area contributed by atoms with Crippen LogP contribution in [0.3, 0.4) is 0 Å². The summed E-state index contributed by atoms with van der Waals surface area (Å²) in [4.78, 5) is 14.2. The fraction of sp³-hybridized carbons (Fsp3) is 0.462. The Bertz CT molecular complexity index is 391. The minimum atomic E-state index is 0.173. The van der Waals surface area contributed by atoms with E-state index in [1.54, 1.807) is 0 Å². The van der Waals surface area contributed by atoms with Crippen LogP contribution in [-0.2, 0) is 4.74 Å². The second-order valence-corrected chi connectivity index (χ2v) is 5.26. The van der Waals surface area contributed by atoms with Crippen LogP contribution < -0.4 is 0 Å². The molecule has 1 fully saturated rings. The SMILES string of the molecule is C[C@H]1CN(CC(=O)c2ccc(Br)cc2)CCO1. The van der Waals surface area contributed by atoms with Crippen LogP contribution in [0.2, 0.25) is 0 Å². The minimum Gasteiger partial charge on any atom is -0.376 e. The summed E-state index contributed by atoms with van der Waals surface area (Å²) in [5.41, 5.74) is 0.771. The molecule has 1 saturated heterocycles. The van der Waals surface area contributed by atoms with Crippen molar-refractivity contribution in [1.82, 2.24) is 4.90 Å². The minimum absolute atomic E-state index is 0.173. The van der Waals surface area contributed by atoms with Crippen molar-refractivity contribution >= 4 is 21.7 Å². The van der Waals surface area contributed by atoms with Gasteiger partial charge in [-0.3, -0.25) is 9.69 Å². The van der Waals surface area contributed by atoms with Gasteiger partial charge in [-0.2, -0.15) is 0 Å². The summed E-state index contributed by atoms with van der Waals surface area (Å²) in [5, 5.41) is 0. The van der Waals surface area contributed by atoms with Crippen LogP contribution in [0, 0.1) is 0 Å². The van der Waals surface area contributed by atoms with E-state index < -0.39 is 0 Å². The summed E-state index contributed by atoms with van der Waals surface area (Å²) in [7, 11) is 0. The van der Waals surface area contributed by atoms with Gasteiger partial charge in [-0.25, -0.2) is 0 Å². The molecule has 0 spiro atoms. The number of nitrogens with zero attached hydrogens (tertiary/aromatic N) is 1. The standard InChI is InChI=1S/C13H16BrNO2/c1-10-8-15(6-7-17-10)9-13(16)11-2-4-12(14)5-3-11/h2-5,10H,6-9H2,1H3/t10-/m0/s1. The van der Waals surface area contributed by atoms with Crippen molar-refractivity contribution in [1.29, 1.82) is 0 Å². The van der Waals surface area contributed by atoms with Crippen LogP contribution >= 0.6 is 15.9 Å². The maximum atomic E-state index is 12.0. The predicted molar refractivity (Wildman–Crippen MR) is 70.3 cm³/mol. The van der Waals surface area contributed by atoms with Crippen molar-refractivity contribution in [3.63, 3.8) is 0 Å². The Morgan fingerprint density at radius 1 is 1.47 bits per heavy atom. The quantitative estimate of drug-likeness (QED) is 0.802. The fourth-order valence-corrected chi connectivity index (χ4v) is 2.23. The number of halogens is 1. The molecule has 1 aliphatic rings. The molecule has 1 aromatic carbocycles. The number of ether oxygens (including phenoxy) is 1. The number of carbonyl (C=O) groups is 1. The van der Waals surface area contributed by atoms with Crippen molar-refractivity contribution < 1.29 is 9.53 Å². The Morgan fingerprint density at radius 3 is 2.82 bits per heavy atom. The molecule has 1 heterocycles. The van der Waals surface area contributed by atoms with Crippen molar-refractivity contribution in [3.8, 4) is 0 Å². The first kappa shape index (κ1) is 12.7. The second-order valence-electron chi connectivity index (χ2n) is 4.35. The van der Waals surface area contributed by atoms with Gasteiger partial charge in [0.05, 0.1) is 19.3 Å². The number of rotatable bonds is 3. The molecule has 0 amide bonds. The summed E-state index contributed by atoms with van der Waals surface area (Å²) in [6.07, 6.45) is 0.224. The van der Waals surface area contributed by atoms with Gasteiger partial charge in [0.2, 0.25) is 0 Å². The third-order valence-corrected chi connectivity index (χ3v) is 3.39. The average molecular weight is 298 g/mol. The fourth-order valence-electron chi connectivity index (χ4n) is 1.96. The Kier molecular flexibility index (Phi) is 4.31. The topological polar surface area (TPSA) is 29.5 Å². The Labute approximate surface area is 110 Å². The summed E-state index contributed by atoms with van der Waals surface area (Å²) in [5.74, 6) is 0.173. The zero-order chi connectivity index (χ0) is 12.3. The molecule has 0 aliphatic carbocycles. The first-order valence-corrected chi connectivity index (χ1v) is 6.57. The summed E-state index contributed by atoms with van der Waals surface area (Å²) in [6, 6.07) is 7.51. The van der Waals surface area contributed by atoms with Gasteiger partial charge in [0.1, 0.15) is 0 Å². The molecule has 0 bridgehead atoms. The van der Waals surface area contributed by atoms with Crippen LogP contribution in [0.5, 0.6) is 0 Å². The van der Waals surface area contributed by atoms with Crippen LogP contribution in [0.1, 0.15) is 17.3 Å². The molecule has 0 unspecified atom stereocenters. The molecule has 3 nitrogen and oxygen atoms in total. The van der Waals surface area contributed by atoms with Gasteiger partial charge in [0, 0.05) is 23.1 Å². The summed E-state index contributed by atoms with van der Waals surface area (Å²) >= 11 is 3.36. The highest BCUT2D eigenvalue weighted by molar-refractivity contribution is 9.10. The largest absolute Gasteiger partial charge is 0.376 e. The maximum absolute atomic E-state index is 12.0. The number of hydrogen-bond acceptors (Lipinski definition) is 3. The van der Waals surface area contributed by atoms with E-state index >= 15 is 0 Å². The van der Waals surface area contributed by atoms with E-state index in [2.05, 4.69) is 20.8 Å². The molecule has 92 valence electrons. The lowest BCUT2D eigenvalue weighted by atomic mass is 10.1. The highest BCUT2D eigenvalue weighted by Crippen LogP contribution is 2.12. The Morgan fingerprint density at radius 2 is 2.18 bits per heavy atom. The van der Waals surface area contributed by atoms with Gasteiger partial charge >= 0.3 is 0 Å². The molecular weight excluding hydrogens is 282 g/mol. The van der Waals surface area contributed by atoms with Crippen LogP contribution in [0.15, 0.2) is 28.7 Å². The number of Topliss-reactive ketones (excluding diaryl/α,β-unsaturated/α-hetero) is 1. The number of benzene rings is 1. The molecular formula is C13H16BrNO2. The van der Waals surface area contributed by atoms with Crippen molar-refractivity contribution in [3.05, 3.63) is 34.3 Å². The van der Waals surface area contributed by atoms with E-state index in [4.69, 9.17) is 4.74 Å². The van der Waals surface area contributed by atoms with Gasteiger partial charge < -0.3 is 4.74 Å². The van der Waals surface area contributed by atoms with Gasteiger partial charge in [0.25, 0.3) is 0 Å². The molecule has 0 radical (unpaired) electrons. The highest BCUT2D eigenvalue weighted by atomic mass is 79.9. The summed E-state index contributed by atoms with van der Waals surface area (Å²) < 4.78 is 6.45.